The lowest BCUT2D eigenvalue weighted by atomic mass is 10.1. The smallest absolute Gasteiger partial charge is 0.346 e. The summed E-state index contributed by atoms with van der Waals surface area (Å²) in [5.74, 6) is 0. The number of nitro groups is 2. The van der Waals surface area contributed by atoms with E-state index < -0.39 is 21.2 Å². The summed E-state index contributed by atoms with van der Waals surface area (Å²) in [6, 6.07) is 11.8. The number of unbranched alkanes of at least 4 members (excludes halogenated alkanes) is 4. The van der Waals surface area contributed by atoms with Crippen LogP contribution in [-0.2, 0) is 0 Å². The minimum atomic E-state index is -0.749. The van der Waals surface area contributed by atoms with Gasteiger partial charge in [-0.15, -0.1) is 0 Å². The Kier molecular flexibility index (Phi) is 8.14. The molecule has 0 aliphatic heterocycles. The van der Waals surface area contributed by atoms with Crippen molar-refractivity contribution in [3.63, 3.8) is 0 Å². The Labute approximate surface area is 164 Å². The maximum Gasteiger partial charge on any atom is 0.346 e. The van der Waals surface area contributed by atoms with Crippen LogP contribution in [0.5, 0.6) is 0 Å². The topological polar surface area (TPSA) is 98.3 Å². The van der Waals surface area contributed by atoms with Crippen LogP contribution in [0.4, 0.5) is 17.1 Å². The fourth-order valence-corrected chi connectivity index (χ4v) is 2.81. The molecule has 0 amide bonds. The summed E-state index contributed by atoms with van der Waals surface area (Å²) in [4.78, 5) is 20.4. The van der Waals surface area contributed by atoms with E-state index in [4.69, 9.17) is 0 Å². The van der Waals surface area contributed by atoms with Gasteiger partial charge in [0.2, 0.25) is 0 Å². The first-order chi connectivity index (χ1) is 13.5. The molecular weight excluding hydrogens is 358 g/mol. The molecule has 0 heterocycles. The molecule has 7 nitrogen and oxygen atoms in total. The Hall–Kier alpha value is -3.22. The quantitative estimate of drug-likeness (QED) is 0.220. The number of hydrogen-bond acceptors (Lipinski definition) is 5. The van der Waals surface area contributed by atoms with Crippen molar-refractivity contribution in [2.75, 3.05) is 11.9 Å². The zero-order valence-corrected chi connectivity index (χ0v) is 16.0. The summed E-state index contributed by atoms with van der Waals surface area (Å²) in [6.45, 7) is 3.16. The van der Waals surface area contributed by atoms with Gasteiger partial charge >= 0.3 is 11.4 Å². The summed E-state index contributed by atoms with van der Waals surface area (Å²) in [7, 11) is 0. The Morgan fingerprint density at radius 1 is 0.821 bits per heavy atom. The van der Waals surface area contributed by atoms with E-state index in [1.807, 2.05) is 30.3 Å². The number of nitrogens with one attached hydrogen (secondary N) is 1. The summed E-state index contributed by atoms with van der Waals surface area (Å²) in [6.07, 6.45) is 9.73. The van der Waals surface area contributed by atoms with Crippen molar-refractivity contribution in [1.82, 2.24) is 0 Å². The van der Waals surface area contributed by atoms with E-state index in [9.17, 15) is 20.2 Å². The highest BCUT2D eigenvalue weighted by molar-refractivity contribution is 5.73. The van der Waals surface area contributed by atoms with E-state index in [1.54, 1.807) is 6.08 Å². The Bertz CT molecular complexity index is 832. The molecule has 28 heavy (non-hydrogen) atoms. The SMILES string of the molecule is CCCCCCCNc1ccc(C=Cc2ccc([N+](=O)[O-])c([N+](=O)[O-])c2)cc1. The number of rotatable bonds is 11. The van der Waals surface area contributed by atoms with Gasteiger partial charge in [0.1, 0.15) is 0 Å². The van der Waals surface area contributed by atoms with Gasteiger partial charge in [-0.25, -0.2) is 0 Å². The van der Waals surface area contributed by atoms with Crippen LogP contribution in [0.2, 0.25) is 0 Å². The first kappa shape index (κ1) is 21.1. The zero-order chi connectivity index (χ0) is 20.4. The van der Waals surface area contributed by atoms with Crippen LogP contribution >= 0.6 is 0 Å². The lowest BCUT2D eigenvalue weighted by molar-refractivity contribution is -0.422. The molecule has 2 rings (SSSR count). The lowest BCUT2D eigenvalue weighted by Crippen LogP contribution is -2.01. The number of benzene rings is 2. The third-order valence-corrected chi connectivity index (χ3v) is 4.38. The van der Waals surface area contributed by atoms with Crippen LogP contribution in [0.25, 0.3) is 12.2 Å². The van der Waals surface area contributed by atoms with Crippen molar-refractivity contribution < 1.29 is 9.85 Å². The monoisotopic (exact) mass is 383 g/mol. The van der Waals surface area contributed by atoms with E-state index in [1.165, 1.54) is 37.8 Å². The zero-order valence-electron chi connectivity index (χ0n) is 16.0. The molecule has 0 saturated heterocycles. The highest BCUT2D eigenvalue weighted by Crippen LogP contribution is 2.28. The molecular formula is C21H25N3O4. The second kappa shape index (κ2) is 10.8. The van der Waals surface area contributed by atoms with Crippen molar-refractivity contribution in [2.45, 2.75) is 39.0 Å². The average Bonchev–Trinajstić information content (AvgIpc) is 2.69. The van der Waals surface area contributed by atoms with Gasteiger partial charge in [-0.2, -0.15) is 0 Å². The van der Waals surface area contributed by atoms with E-state index >= 15 is 0 Å². The van der Waals surface area contributed by atoms with Crippen molar-refractivity contribution in [1.29, 1.82) is 0 Å². The third-order valence-electron chi connectivity index (χ3n) is 4.38. The maximum atomic E-state index is 11.0. The van der Waals surface area contributed by atoms with Crippen LogP contribution in [0, 0.1) is 20.2 Å². The molecule has 0 unspecified atom stereocenters. The first-order valence-electron chi connectivity index (χ1n) is 9.46. The van der Waals surface area contributed by atoms with Crippen LogP contribution in [0.3, 0.4) is 0 Å². The van der Waals surface area contributed by atoms with Gasteiger partial charge in [-0.05, 0) is 35.7 Å². The molecule has 0 spiro atoms. The molecule has 0 aromatic heterocycles. The Morgan fingerprint density at radius 2 is 1.43 bits per heavy atom. The van der Waals surface area contributed by atoms with Crippen LogP contribution in [-0.4, -0.2) is 16.4 Å². The largest absolute Gasteiger partial charge is 0.385 e. The number of nitro benzene ring substituents is 2. The minimum absolute atomic E-state index is 0.507. The highest BCUT2D eigenvalue weighted by Gasteiger charge is 2.23. The predicted molar refractivity (Wildman–Crippen MR) is 112 cm³/mol. The Morgan fingerprint density at radius 3 is 2.07 bits per heavy atom. The van der Waals surface area contributed by atoms with E-state index in [-0.39, 0.29) is 0 Å². The third kappa shape index (κ3) is 6.50. The van der Waals surface area contributed by atoms with Crippen LogP contribution in [0.15, 0.2) is 42.5 Å². The number of nitrogens with zero attached hydrogens (tertiary/aromatic N) is 2. The molecule has 0 saturated carbocycles. The molecule has 2 aromatic carbocycles. The number of hydrogen-bond donors (Lipinski definition) is 1. The lowest BCUT2D eigenvalue weighted by Gasteiger charge is -2.06. The van der Waals surface area contributed by atoms with Crippen molar-refractivity contribution in [3.05, 3.63) is 73.8 Å². The van der Waals surface area contributed by atoms with Gasteiger partial charge in [-0.1, -0.05) is 56.9 Å². The molecule has 0 atom stereocenters. The van der Waals surface area contributed by atoms with Gasteiger partial charge in [0.25, 0.3) is 0 Å². The summed E-state index contributed by atoms with van der Waals surface area (Å²) < 4.78 is 0. The second-order valence-electron chi connectivity index (χ2n) is 6.56. The maximum absolute atomic E-state index is 11.0. The molecule has 7 heteroatoms. The summed E-state index contributed by atoms with van der Waals surface area (Å²) >= 11 is 0. The fourth-order valence-electron chi connectivity index (χ4n) is 2.81. The molecule has 0 bridgehead atoms. The highest BCUT2D eigenvalue weighted by atomic mass is 16.6. The molecule has 0 fully saturated rings. The summed E-state index contributed by atoms with van der Waals surface area (Å²) in [5.41, 5.74) is 1.51. The summed E-state index contributed by atoms with van der Waals surface area (Å²) in [5, 5.41) is 25.3. The normalized spacial score (nSPS) is 10.9. The van der Waals surface area contributed by atoms with E-state index in [0.29, 0.717) is 5.56 Å². The number of anilines is 1. The van der Waals surface area contributed by atoms with Crippen LogP contribution in [0.1, 0.15) is 50.2 Å². The van der Waals surface area contributed by atoms with Gasteiger partial charge < -0.3 is 5.32 Å². The molecule has 1 N–H and O–H groups in total. The van der Waals surface area contributed by atoms with Gasteiger partial charge in [0, 0.05) is 24.4 Å². The Balaban J connectivity index is 1.94. The molecule has 0 radical (unpaired) electrons. The van der Waals surface area contributed by atoms with Crippen molar-refractivity contribution >= 4 is 29.2 Å². The van der Waals surface area contributed by atoms with E-state index in [2.05, 4.69) is 12.2 Å². The molecule has 148 valence electrons. The predicted octanol–water partition coefficient (Wildman–Crippen LogP) is 6.06. The second-order valence-corrected chi connectivity index (χ2v) is 6.56. The molecule has 0 aliphatic carbocycles. The van der Waals surface area contributed by atoms with Gasteiger partial charge in [-0.3, -0.25) is 20.2 Å². The minimum Gasteiger partial charge on any atom is -0.385 e. The van der Waals surface area contributed by atoms with E-state index in [0.717, 1.165) is 30.3 Å². The average molecular weight is 383 g/mol. The van der Waals surface area contributed by atoms with Gasteiger partial charge in [0.15, 0.2) is 0 Å². The van der Waals surface area contributed by atoms with Crippen LogP contribution < -0.4 is 5.32 Å². The first-order valence-corrected chi connectivity index (χ1v) is 9.46. The van der Waals surface area contributed by atoms with Gasteiger partial charge in [0.05, 0.1) is 9.85 Å². The van der Waals surface area contributed by atoms with Crippen molar-refractivity contribution in [3.8, 4) is 0 Å². The standard InChI is InChI=1S/C21H25N3O4/c1-2-3-4-5-6-15-22-19-12-9-17(10-13-19)7-8-18-11-14-20(23(25)26)21(16-18)24(27)28/h7-14,16,22H,2-6,15H2,1H3. The fraction of sp³-hybridized carbons (Fsp3) is 0.333. The molecule has 0 aliphatic rings. The molecule has 2 aromatic rings. The van der Waals surface area contributed by atoms with Crippen molar-refractivity contribution in [2.24, 2.45) is 0 Å².